The van der Waals surface area contributed by atoms with Gasteiger partial charge in [0.25, 0.3) is 0 Å². The van der Waals surface area contributed by atoms with Crippen LogP contribution in [0.5, 0.6) is 0 Å². The molecule has 1 aliphatic rings. The molecule has 0 aromatic carbocycles. The SMILES string of the molecule is CC.CC#CCCC1[C@H](C)[C@H]1COC(=O)N[C@H](C(N)=O)C(C)C.[HH].[HH]. The van der Waals surface area contributed by atoms with Crippen LogP contribution in [-0.4, -0.2) is 24.6 Å². The van der Waals surface area contributed by atoms with Crippen molar-refractivity contribution in [2.24, 2.45) is 29.4 Å². The summed E-state index contributed by atoms with van der Waals surface area (Å²) in [6.07, 6.45) is 1.37. The van der Waals surface area contributed by atoms with E-state index in [0.29, 0.717) is 24.4 Å². The number of alkyl carbamates (subject to hydrolysis) is 1. The van der Waals surface area contributed by atoms with Crippen molar-refractivity contribution in [1.82, 2.24) is 5.32 Å². The smallest absolute Gasteiger partial charge is 0.407 e. The number of carbonyl (C=O) groups excluding carboxylic acids is 2. The zero-order valence-electron chi connectivity index (χ0n) is 15.3. The maximum atomic E-state index is 11.7. The quantitative estimate of drug-likeness (QED) is 0.703. The lowest BCUT2D eigenvalue weighted by atomic mass is 10.0. The van der Waals surface area contributed by atoms with Crippen LogP contribution in [0.15, 0.2) is 0 Å². The van der Waals surface area contributed by atoms with Crippen LogP contribution >= 0.6 is 0 Å². The zero-order valence-corrected chi connectivity index (χ0v) is 15.3. The minimum atomic E-state index is -0.690. The lowest BCUT2D eigenvalue weighted by Gasteiger charge is -2.18. The number of hydrogen-bond donors (Lipinski definition) is 2. The minimum Gasteiger partial charge on any atom is -0.449 e. The molecule has 1 rings (SSSR count). The number of carbonyl (C=O) groups is 2. The van der Waals surface area contributed by atoms with E-state index in [1.807, 2.05) is 34.6 Å². The summed E-state index contributed by atoms with van der Waals surface area (Å²) < 4.78 is 5.21. The second-order valence-electron chi connectivity index (χ2n) is 6.02. The third kappa shape index (κ3) is 7.40. The Balaban J connectivity index is -0.00000116. The highest BCUT2D eigenvalue weighted by Crippen LogP contribution is 2.48. The summed E-state index contributed by atoms with van der Waals surface area (Å²) in [5.74, 6) is 6.88. The fourth-order valence-corrected chi connectivity index (χ4v) is 2.66. The Labute approximate surface area is 143 Å². The number of hydrogen-bond acceptors (Lipinski definition) is 3. The van der Waals surface area contributed by atoms with Gasteiger partial charge in [0.2, 0.25) is 5.91 Å². The fourth-order valence-electron chi connectivity index (χ4n) is 2.66. The third-order valence-electron chi connectivity index (χ3n) is 4.19. The first-order valence-electron chi connectivity index (χ1n) is 8.50. The van der Waals surface area contributed by atoms with Crippen LogP contribution in [0.3, 0.4) is 0 Å². The van der Waals surface area contributed by atoms with Crippen LogP contribution in [0, 0.1) is 35.5 Å². The van der Waals surface area contributed by atoms with Crippen molar-refractivity contribution >= 4 is 12.0 Å². The van der Waals surface area contributed by atoms with Crippen molar-refractivity contribution in [3.05, 3.63) is 0 Å². The predicted molar refractivity (Wildman–Crippen MR) is 96.7 cm³/mol. The first kappa shape index (κ1) is 21.3. The molecule has 0 bridgehead atoms. The zero-order chi connectivity index (χ0) is 18.0. The molecular weight excluding hydrogens is 292 g/mol. The summed E-state index contributed by atoms with van der Waals surface area (Å²) in [6.45, 7) is 12.0. The van der Waals surface area contributed by atoms with Gasteiger partial charge in [0.05, 0.1) is 6.61 Å². The Kier molecular flexibility index (Phi) is 10.1. The molecule has 136 valence electrons. The number of primary amides is 1. The van der Waals surface area contributed by atoms with Crippen LogP contribution in [-0.2, 0) is 9.53 Å². The Bertz CT molecular complexity index is 447. The van der Waals surface area contributed by atoms with Crippen molar-refractivity contribution in [1.29, 1.82) is 0 Å². The van der Waals surface area contributed by atoms with Crippen LogP contribution in [0.1, 0.15) is 57.2 Å². The molecule has 5 nitrogen and oxygen atoms in total. The molecule has 4 atom stereocenters. The van der Waals surface area contributed by atoms with Gasteiger partial charge in [-0.1, -0.05) is 34.6 Å². The first-order valence-corrected chi connectivity index (χ1v) is 8.50. The topological polar surface area (TPSA) is 81.4 Å². The van der Waals surface area contributed by atoms with Crippen LogP contribution < -0.4 is 11.1 Å². The highest BCUT2D eigenvalue weighted by molar-refractivity contribution is 5.84. The Morgan fingerprint density at radius 3 is 2.39 bits per heavy atom. The number of nitrogens with one attached hydrogen (secondary N) is 1. The van der Waals surface area contributed by atoms with Crippen molar-refractivity contribution in [2.75, 3.05) is 6.61 Å². The van der Waals surface area contributed by atoms with Crippen LogP contribution in [0.4, 0.5) is 4.79 Å². The van der Waals surface area contributed by atoms with Gasteiger partial charge in [-0.15, -0.1) is 11.8 Å². The van der Waals surface area contributed by atoms with E-state index in [-0.39, 0.29) is 8.77 Å². The third-order valence-corrected chi connectivity index (χ3v) is 4.19. The second kappa shape index (κ2) is 10.9. The van der Waals surface area contributed by atoms with E-state index in [1.165, 1.54) is 0 Å². The van der Waals surface area contributed by atoms with Gasteiger partial charge in [0.1, 0.15) is 6.04 Å². The molecular formula is C18H36N2O3. The molecule has 0 spiro atoms. The van der Waals surface area contributed by atoms with Gasteiger partial charge < -0.3 is 15.8 Å². The summed E-state index contributed by atoms with van der Waals surface area (Å²) in [7, 11) is 0. The Hall–Kier alpha value is -1.70. The molecule has 0 saturated heterocycles. The van der Waals surface area contributed by atoms with Gasteiger partial charge in [-0.05, 0) is 37.0 Å². The second-order valence-corrected chi connectivity index (χ2v) is 6.02. The molecule has 3 N–H and O–H groups in total. The van der Waals surface area contributed by atoms with Crippen molar-refractivity contribution in [3.8, 4) is 11.8 Å². The average Bonchev–Trinajstić information content (AvgIpc) is 3.13. The average molecular weight is 328 g/mol. The van der Waals surface area contributed by atoms with Gasteiger partial charge >= 0.3 is 6.09 Å². The molecule has 0 heterocycles. The monoisotopic (exact) mass is 328 g/mol. The van der Waals surface area contributed by atoms with E-state index >= 15 is 0 Å². The molecule has 1 aliphatic carbocycles. The minimum absolute atomic E-state index is 0. The van der Waals surface area contributed by atoms with E-state index in [0.717, 1.165) is 12.8 Å². The largest absolute Gasteiger partial charge is 0.449 e. The maximum absolute atomic E-state index is 11.7. The van der Waals surface area contributed by atoms with E-state index in [9.17, 15) is 9.59 Å². The number of nitrogens with two attached hydrogens (primary N) is 1. The van der Waals surface area contributed by atoms with Gasteiger partial charge in [0, 0.05) is 9.27 Å². The summed E-state index contributed by atoms with van der Waals surface area (Å²) in [6, 6.07) is -0.690. The Morgan fingerprint density at radius 1 is 1.30 bits per heavy atom. The van der Waals surface area contributed by atoms with Crippen molar-refractivity contribution in [3.63, 3.8) is 0 Å². The molecule has 0 radical (unpaired) electrons. The van der Waals surface area contributed by atoms with Gasteiger partial charge in [-0.3, -0.25) is 4.79 Å². The maximum Gasteiger partial charge on any atom is 0.407 e. The summed E-state index contributed by atoms with van der Waals surface area (Å²) in [5, 5.41) is 2.52. The Morgan fingerprint density at radius 2 is 1.91 bits per heavy atom. The lowest BCUT2D eigenvalue weighted by molar-refractivity contribution is -0.120. The van der Waals surface area contributed by atoms with E-state index in [4.69, 9.17) is 10.5 Å². The van der Waals surface area contributed by atoms with Crippen LogP contribution in [0.2, 0.25) is 0 Å². The molecule has 2 amide bonds. The normalized spacial score (nSPS) is 22.8. The molecule has 0 aliphatic heterocycles. The summed E-state index contributed by atoms with van der Waals surface area (Å²) in [5.41, 5.74) is 5.24. The van der Waals surface area contributed by atoms with Crippen molar-refractivity contribution < 1.29 is 17.2 Å². The van der Waals surface area contributed by atoms with Gasteiger partial charge in [-0.25, -0.2) is 4.79 Å². The number of rotatable bonds is 7. The highest BCUT2D eigenvalue weighted by Gasteiger charge is 2.46. The molecule has 1 saturated carbocycles. The van der Waals surface area contributed by atoms with E-state index < -0.39 is 18.0 Å². The molecule has 1 fully saturated rings. The molecule has 0 aromatic rings. The number of amides is 2. The standard InChI is InChI=1S/C16H26N2O3.C2H6.2H2/c1-5-6-7-8-12-11(4)13(12)9-21-16(20)18-14(10(2)3)15(17)19;1-2;;/h10-14H,7-9H2,1-4H3,(H2,17,19)(H,18,20);1-2H3;2*1H/t11-,12?,13+,14-;;;/m0.../s1. The van der Waals surface area contributed by atoms with Crippen LogP contribution in [0.25, 0.3) is 0 Å². The lowest BCUT2D eigenvalue weighted by Crippen LogP contribution is -2.48. The van der Waals surface area contributed by atoms with Gasteiger partial charge in [-0.2, -0.15) is 0 Å². The summed E-state index contributed by atoms with van der Waals surface area (Å²) >= 11 is 0. The van der Waals surface area contributed by atoms with E-state index in [2.05, 4.69) is 24.1 Å². The van der Waals surface area contributed by atoms with Crippen molar-refractivity contribution in [2.45, 2.75) is 60.4 Å². The molecule has 0 aromatic heterocycles. The molecule has 5 heteroatoms. The number of ether oxygens (including phenoxy) is 1. The molecule has 1 unspecified atom stereocenters. The van der Waals surface area contributed by atoms with Gasteiger partial charge in [0.15, 0.2) is 0 Å². The highest BCUT2D eigenvalue weighted by atomic mass is 16.5. The first-order chi connectivity index (χ1) is 10.9. The summed E-state index contributed by atoms with van der Waals surface area (Å²) in [4.78, 5) is 22.9. The van der Waals surface area contributed by atoms with E-state index in [1.54, 1.807) is 0 Å². The fraction of sp³-hybridized carbons (Fsp3) is 0.778. The molecule has 23 heavy (non-hydrogen) atoms. The predicted octanol–water partition coefficient (Wildman–Crippen LogP) is 3.43.